The van der Waals surface area contributed by atoms with Crippen LogP contribution in [0.4, 0.5) is 23.5 Å². The molecule has 164 valence electrons. The van der Waals surface area contributed by atoms with Crippen LogP contribution in [0.3, 0.4) is 0 Å². The van der Waals surface area contributed by atoms with E-state index in [1.165, 1.54) is 17.0 Å². The Morgan fingerprint density at radius 3 is 2.65 bits per heavy atom. The molecule has 2 aliphatic rings. The first-order chi connectivity index (χ1) is 14.7. The third-order valence-corrected chi connectivity index (χ3v) is 6.48. The minimum absolute atomic E-state index is 0.0185. The van der Waals surface area contributed by atoms with Crippen molar-refractivity contribution in [3.05, 3.63) is 73.6 Å². The van der Waals surface area contributed by atoms with E-state index in [1.54, 1.807) is 6.92 Å². The van der Waals surface area contributed by atoms with Gasteiger partial charge < -0.3 is 4.90 Å². The van der Waals surface area contributed by atoms with Crippen LogP contribution in [-0.4, -0.2) is 33.8 Å². The van der Waals surface area contributed by atoms with Crippen LogP contribution in [0.2, 0.25) is 0 Å². The van der Waals surface area contributed by atoms with Gasteiger partial charge in [-0.2, -0.15) is 18.2 Å². The summed E-state index contributed by atoms with van der Waals surface area (Å²) in [7, 11) is 0. The quantitative estimate of drug-likeness (QED) is 0.641. The number of rotatable bonds is 4. The molecule has 2 aromatic heterocycles. The van der Waals surface area contributed by atoms with Crippen molar-refractivity contribution in [2.45, 2.75) is 38.7 Å². The van der Waals surface area contributed by atoms with Gasteiger partial charge in [0, 0.05) is 24.4 Å². The third kappa shape index (κ3) is 4.79. The molecule has 4 rings (SSSR count). The average molecular weight is 452 g/mol. The highest BCUT2D eigenvalue weighted by molar-refractivity contribution is 7.12. The second kappa shape index (κ2) is 8.41. The topological polar surface area (TPSA) is 51.0 Å². The minimum atomic E-state index is -4.40. The fourth-order valence-corrected chi connectivity index (χ4v) is 4.41. The van der Waals surface area contributed by atoms with Gasteiger partial charge >= 0.3 is 11.9 Å². The van der Waals surface area contributed by atoms with Crippen LogP contribution in [0.1, 0.15) is 29.5 Å². The summed E-state index contributed by atoms with van der Waals surface area (Å²) in [6.45, 7) is 2.85. The van der Waals surface area contributed by atoms with Crippen molar-refractivity contribution >= 4 is 17.3 Å². The van der Waals surface area contributed by atoms with Gasteiger partial charge in [0.15, 0.2) is 0 Å². The molecule has 2 aromatic rings. The molecule has 0 spiro atoms. The van der Waals surface area contributed by atoms with Gasteiger partial charge in [-0.25, -0.2) is 14.2 Å². The van der Waals surface area contributed by atoms with E-state index in [0.29, 0.717) is 42.1 Å². The highest BCUT2D eigenvalue weighted by Crippen LogP contribution is 2.35. The van der Waals surface area contributed by atoms with E-state index in [2.05, 4.69) is 9.97 Å². The fraction of sp³-hybridized carbons (Fsp3) is 0.381. The highest BCUT2D eigenvalue weighted by atomic mass is 32.1. The summed E-state index contributed by atoms with van der Waals surface area (Å²) in [5, 5.41) is 0. The Bertz CT molecular complexity index is 1130. The average Bonchev–Trinajstić information content (AvgIpc) is 3.21. The van der Waals surface area contributed by atoms with E-state index in [0.717, 1.165) is 22.8 Å². The largest absolute Gasteiger partial charge is 0.425 e. The van der Waals surface area contributed by atoms with E-state index in [1.807, 2.05) is 23.1 Å². The molecule has 0 radical (unpaired) electrons. The lowest BCUT2D eigenvalue weighted by molar-refractivity contribution is -0.134. The van der Waals surface area contributed by atoms with Crippen LogP contribution in [0.5, 0.6) is 0 Å². The number of nitrogens with zero attached hydrogens (tertiary/aromatic N) is 4. The van der Waals surface area contributed by atoms with E-state index in [9.17, 15) is 22.4 Å². The molecule has 0 aromatic carbocycles. The predicted octanol–water partition coefficient (Wildman–Crippen LogP) is 4.52. The molecule has 0 saturated heterocycles. The van der Waals surface area contributed by atoms with Gasteiger partial charge in [0.25, 0.3) is 0 Å². The Hall–Kier alpha value is -2.75. The summed E-state index contributed by atoms with van der Waals surface area (Å²) >= 11 is 0.595. The van der Waals surface area contributed by atoms with E-state index >= 15 is 0 Å². The van der Waals surface area contributed by atoms with Crippen LogP contribution in [0, 0.1) is 0 Å². The molecular formula is C21H20F4N4OS. The summed E-state index contributed by atoms with van der Waals surface area (Å²) in [6.07, 6.45) is 2.78. The standard InChI is InChI=1S/C21H20F4N4OS/c1-13-2-3-15(10-17(13)22)14-6-8-28(9-7-14)19-26-12-29(20(30)27-19)11-16-4-5-18(31-16)21(23,24)25/h2-6,12,17H,7-11H2,1H3. The minimum Gasteiger partial charge on any atom is -0.337 e. The maximum absolute atomic E-state index is 14.0. The molecule has 0 fully saturated rings. The number of hydrogen-bond acceptors (Lipinski definition) is 5. The normalized spacial score (nSPS) is 19.7. The van der Waals surface area contributed by atoms with Gasteiger partial charge in [-0.1, -0.05) is 18.2 Å². The van der Waals surface area contributed by atoms with Gasteiger partial charge in [0.05, 0.1) is 6.54 Å². The molecule has 1 atom stereocenters. The number of allylic oxidation sites excluding steroid dienone is 4. The predicted molar refractivity (Wildman–Crippen MR) is 111 cm³/mol. The summed E-state index contributed by atoms with van der Waals surface area (Å²) < 4.78 is 53.4. The van der Waals surface area contributed by atoms with Gasteiger partial charge in [-0.3, -0.25) is 4.57 Å². The summed E-state index contributed by atoms with van der Waals surface area (Å²) in [4.78, 5) is 22.1. The van der Waals surface area contributed by atoms with Gasteiger partial charge in [-0.15, -0.1) is 11.3 Å². The zero-order valence-corrected chi connectivity index (χ0v) is 17.5. The summed E-state index contributed by atoms with van der Waals surface area (Å²) in [6, 6.07) is 2.35. The molecule has 10 heteroatoms. The Labute approximate surface area is 180 Å². The van der Waals surface area contributed by atoms with E-state index in [4.69, 9.17) is 0 Å². The number of anilines is 1. The molecule has 0 amide bonds. The lowest BCUT2D eigenvalue weighted by Gasteiger charge is -2.28. The second-order valence-corrected chi connectivity index (χ2v) is 8.70. The van der Waals surface area contributed by atoms with Crippen LogP contribution in [0.25, 0.3) is 0 Å². The molecule has 31 heavy (non-hydrogen) atoms. The first kappa shape index (κ1) is 21.5. The zero-order chi connectivity index (χ0) is 22.2. The van der Waals surface area contributed by atoms with Crippen LogP contribution >= 0.6 is 11.3 Å². The molecule has 0 bridgehead atoms. The smallest absolute Gasteiger partial charge is 0.337 e. The molecule has 5 nitrogen and oxygen atoms in total. The molecule has 1 unspecified atom stereocenters. The Kier molecular flexibility index (Phi) is 5.83. The third-order valence-electron chi connectivity index (χ3n) is 5.37. The van der Waals surface area contributed by atoms with E-state index in [-0.39, 0.29) is 12.5 Å². The lowest BCUT2D eigenvalue weighted by atomic mass is 9.89. The van der Waals surface area contributed by atoms with Gasteiger partial charge in [0.1, 0.15) is 17.4 Å². The molecule has 0 N–H and O–H groups in total. The Balaban J connectivity index is 1.44. The number of aromatic nitrogens is 3. The van der Waals surface area contributed by atoms with Crippen molar-refractivity contribution in [3.63, 3.8) is 0 Å². The first-order valence-electron chi connectivity index (χ1n) is 9.76. The lowest BCUT2D eigenvalue weighted by Crippen LogP contribution is -2.34. The molecule has 3 heterocycles. The van der Waals surface area contributed by atoms with Crippen LogP contribution in [-0.2, 0) is 12.7 Å². The SMILES string of the molecule is CC1=CC=C(C2=CCN(c3ncn(Cc4ccc(C(F)(F)F)s4)c(=O)n3)CC2)CC1F. The van der Waals surface area contributed by atoms with Crippen molar-refractivity contribution in [2.24, 2.45) is 0 Å². The molecule has 0 saturated carbocycles. The first-order valence-corrected chi connectivity index (χ1v) is 10.6. The van der Waals surface area contributed by atoms with Gasteiger partial charge in [0.2, 0.25) is 5.95 Å². The Morgan fingerprint density at radius 2 is 2.03 bits per heavy atom. The van der Waals surface area contributed by atoms with E-state index < -0.39 is 22.9 Å². The van der Waals surface area contributed by atoms with Crippen molar-refractivity contribution in [1.29, 1.82) is 0 Å². The van der Waals surface area contributed by atoms with Crippen molar-refractivity contribution in [1.82, 2.24) is 14.5 Å². The van der Waals surface area contributed by atoms with Crippen molar-refractivity contribution in [3.8, 4) is 0 Å². The highest BCUT2D eigenvalue weighted by Gasteiger charge is 2.32. The van der Waals surface area contributed by atoms with Crippen molar-refractivity contribution < 1.29 is 17.6 Å². The molecule has 1 aliphatic carbocycles. The fourth-order valence-electron chi connectivity index (χ4n) is 3.53. The molecule has 1 aliphatic heterocycles. The van der Waals surface area contributed by atoms with Crippen LogP contribution < -0.4 is 10.6 Å². The maximum atomic E-state index is 14.0. The monoisotopic (exact) mass is 452 g/mol. The number of halogens is 4. The van der Waals surface area contributed by atoms with Crippen LogP contribution in [0.15, 0.2) is 58.2 Å². The summed E-state index contributed by atoms with van der Waals surface area (Å²) in [5.41, 5.74) is 2.24. The number of alkyl halides is 4. The zero-order valence-electron chi connectivity index (χ0n) is 16.7. The molecular weight excluding hydrogens is 432 g/mol. The second-order valence-electron chi connectivity index (χ2n) is 7.53. The number of hydrogen-bond donors (Lipinski definition) is 0. The van der Waals surface area contributed by atoms with Crippen molar-refractivity contribution in [2.75, 3.05) is 18.0 Å². The Morgan fingerprint density at radius 1 is 1.23 bits per heavy atom. The summed E-state index contributed by atoms with van der Waals surface area (Å²) in [5.74, 6) is 0.274. The van der Waals surface area contributed by atoms with Gasteiger partial charge in [-0.05, 0) is 42.2 Å². The maximum Gasteiger partial charge on any atom is 0.425 e. The number of thiophene rings is 1.